The molecule has 0 spiro atoms. The highest BCUT2D eigenvalue weighted by Crippen LogP contribution is 2.28. The summed E-state index contributed by atoms with van der Waals surface area (Å²) in [6.45, 7) is 8.90. The molecule has 1 aromatic carbocycles. The molecule has 0 aliphatic carbocycles. The summed E-state index contributed by atoms with van der Waals surface area (Å²) in [6, 6.07) is 6.36. The van der Waals surface area contributed by atoms with Crippen LogP contribution in [-0.2, 0) is 11.2 Å². The molecule has 19 heavy (non-hydrogen) atoms. The van der Waals surface area contributed by atoms with E-state index in [9.17, 15) is 4.79 Å². The molecule has 0 saturated heterocycles. The lowest BCUT2D eigenvalue weighted by atomic mass is 9.90. The molecule has 1 rings (SSSR count). The first kappa shape index (κ1) is 15.7. The number of benzene rings is 1. The molecule has 0 aliphatic heterocycles. The molecule has 0 heterocycles. The van der Waals surface area contributed by atoms with Crippen LogP contribution in [0.4, 0.5) is 0 Å². The second kappa shape index (κ2) is 7.98. The molecule has 1 atom stereocenters. The first-order valence-corrected chi connectivity index (χ1v) is 7.33. The number of hydrogen-bond acceptors (Lipinski definition) is 2. The molecule has 0 fully saturated rings. The summed E-state index contributed by atoms with van der Waals surface area (Å²) in [6.07, 6.45) is 3.62. The van der Waals surface area contributed by atoms with E-state index in [0.29, 0.717) is 12.3 Å². The summed E-state index contributed by atoms with van der Waals surface area (Å²) in [5.41, 5.74) is 2.69. The van der Waals surface area contributed by atoms with Gasteiger partial charge in [0.05, 0.1) is 6.61 Å². The number of ether oxygens (including phenoxy) is 1. The monoisotopic (exact) mass is 262 g/mol. The fraction of sp³-hybridized carbons (Fsp3) is 0.588. The van der Waals surface area contributed by atoms with E-state index in [-0.39, 0.29) is 5.78 Å². The summed E-state index contributed by atoms with van der Waals surface area (Å²) >= 11 is 0. The van der Waals surface area contributed by atoms with Crippen LogP contribution in [0.1, 0.15) is 64.0 Å². The molecular weight excluding hydrogens is 236 g/mol. The molecule has 2 heteroatoms. The zero-order valence-electron chi connectivity index (χ0n) is 12.7. The third kappa shape index (κ3) is 5.06. The highest BCUT2D eigenvalue weighted by atomic mass is 16.5. The van der Waals surface area contributed by atoms with Crippen molar-refractivity contribution < 1.29 is 9.53 Å². The Kier molecular flexibility index (Phi) is 6.61. The van der Waals surface area contributed by atoms with E-state index in [0.717, 1.165) is 31.6 Å². The number of carbonyl (C=O) groups excluding carboxylic acids is 1. The Morgan fingerprint density at radius 2 is 2.05 bits per heavy atom. The molecular formula is C17H26O2. The molecule has 106 valence electrons. The maximum Gasteiger partial charge on any atom is 0.129 e. The number of hydrogen-bond donors (Lipinski definition) is 0. The summed E-state index contributed by atoms with van der Waals surface area (Å²) < 4.78 is 5.68. The number of rotatable bonds is 8. The Morgan fingerprint density at radius 1 is 1.32 bits per heavy atom. The molecule has 0 radical (unpaired) electrons. The Bertz CT molecular complexity index is 410. The third-order valence-corrected chi connectivity index (χ3v) is 3.43. The number of aryl methyl sites for hydroxylation is 1. The smallest absolute Gasteiger partial charge is 0.129 e. The van der Waals surface area contributed by atoms with Crippen molar-refractivity contribution in [2.75, 3.05) is 6.61 Å². The lowest BCUT2D eigenvalue weighted by Gasteiger charge is -2.17. The van der Waals surface area contributed by atoms with E-state index >= 15 is 0 Å². The van der Waals surface area contributed by atoms with Crippen molar-refractivity contribution in [2.45, 2.75) is 59.3 Å². The summed E-state index contributed by atoms with van der Waals surface area (Å²) in [4.78, 5) is 11.1. The van der Waals surface area contributed by atoms with Gasteiger partial charge in [-0.2, -0.15) is 0 Å². The normalized spacial score (nSPS) is 12.2. The zero-order chi connectivity index (χ0) is 14.3. The van der Waals surface area contributed by atoms with Crippen molar-refractivity contribution in [3.8, 4) is 5.75 Å². The van der Waals surface area contributed by atoms with Crippen molar-refractivity contribution >= 4 is 5.78 Å². The molecule has 0 N–H and O–H groups in total. The first-order valence-electron chi connectivity index (χ1n) is 7.33. The van der Waals surface area contributed by atoms with Crippen LogP contribution in [-0.4, -0.2) is 12.4 Å². The topological polar surface area (TPSA) is 26.3 Å². The van der Waals surface area contributed by atoms with Gasteiger partial charge in [0.25, 0.3) is 0 Å². The van der Waals surface area contributed by atoms with Crippen molar-refractivity contribution in [1.29, 1.82) is 0 Å². The maximum absolute atomic E-state index is 11.1. The Hall–Kier alpha value is -1.31. The number of ketones is 1. The quantitative estimate of drug-likeness (QED) is 0.689. The molecule has 1 unspecified atom stereocenters. The SMILES string of the molecule is CCCOc1ccc(C(C)CCC(C)=O)c(CC)c1. The van der Waals surface area contributed by atoms with Crippen molar-refractivity contribution in [3.63, 3.8) is 0 Å². The van der Waals surface area contributed by atoms with E-state index < -0.39 is 0 Å². The van der Waals surface area contributed by atoms with Crippen LogP contribution in [0.2, 0.25) is 0 Å². The lowest BCUT2D eigenvalue weighted by Crippen LogP contribution is -2.03. The van der Waals surface area contributed by atoms with Gasteiger partial charge in [-0.1, -0.05) is 26.8 Å². The standard InChI is InChI=1S/C17H26O2/c1-5-11-19-16-9-10-17(15(6-2)12-16)13(3)7-8-14(4)18/h9-10,12-13H,5-8,11H2,1-4H3. The van der Waals surface area contributed by atoms with Crippen LogP contribution in [0, 0.1) is 0 Å². The van der Waals surface area contributed by atoms with E-state index in [1.807, 2.05) is 0 Å². The summed E-state index contributed by atoms with van der Waals surface area (Å²) in [7, 11) is 0. The van der Waals surface area contributed by atoms with Crippen molar-refractivity contribution in [3.05, 3.63) is 29.3 Å². The summed E-state index contributed by atoms with van der Waals surface area (Å²) in [5.74, 6) is 1.66. The fourth-order valence-corrected chi connectivity index (χ4v) is 2.25. The van der Waals surface area contributed by atoms with Crippen LogP contribution in [0.25, 0.3) is 0 Å². The van der Waals surface area contributed by atoms with Crippen LogP contribution < -0.4 is 4.74 Å². The van der Waals surface area contributed by atoms with Gasteiger partial charge in [-0.25, -0.2) is 0 Å². The fourth-order valence-electron chi connectivity index (χ4n) is 2.25. The van der Waals surface area contributed by atoms with Gasteiger partial charge in [0.2, 0.25) is 0 Å². The second-order valence-corrected chi connectivity index (χ2v) is 5.20. The first-order chi connectivity index (χ1) is 9.08. The average molecular weight is 262 g/mol. The van der Waals surface area contributed by atoms with Gasteiger partial charge in [-0.3, -0.25) is 0 Å². The Morgan fingerprint density at radius 3 is 2.63 bits per heavy atom. The van der Waals surface area contributed by atoms with Crippen LogP contribution in [0.5, 0.6) is 5.75 Å². The maximum atomic E-state index is 11.1. The molecule has 0 bridgehead atoms. The average Bonchev–Trinajstić information content (AvgIpc) is 2.42. The van der Waals surface area contributed by atoms with Gasteiger partial charge in [-0.05, 0) is 55.4 Å². The van der Waals surface area contributed by atoms with Gasteiger partial charge in [0, 0.05) is 6.42 Å². The second-order valence-electron chi connectivity index (χ2n) is 5.20. The third-order valence-electron chi connectivity index (χ3n) is 3.43. The van der Waals surface area contributed by atoms with Crippen LogP contribution in [0.15, 0.2) is 18.2 Å². The Labute approximate surface area is 117 Å². The Balaban J connectivity index is 2.79. The van der Waals surface area contributed by atoms with Crippen molar-refractivity contribution in [1.82, 2.24) is 0 Å². The highest BCUT2D eigenvalue weighted by Gasteiger charge is 2.11. The zero-order valence-corrected chi connectivity index (χ0v) is 12.7. The number of Topliss-reactive ketones (excluding diaryl/α,β-unsaturated/α-hetero) is 1. The molecule has 0 aliphatic rings. The van der Waals surface area contributed by atoms with Crippen LogP contribution >= 0.6 is 0 Å². The van der Waals surface area contributed by atoms with E-state index in [1.165, 1.54) is 11.1 Å². The van der Waals surface area contributed by atoms with E-state index in [4.69, 9.17) is 4.74 Å². The molecule has 1 aromatic rings. The minimum Gasteiger partial charge on any atom is -0.494 e. The van der Waals surface area contributed by atoms with Gasteiger partial charge in [0.1, 0.15) is 11.5 Å². The van der Waals surface area contributed by atoms with Gasteiger partial charge >= 0.3 is 0 Å². The lowest BCUT2D eigenvalue weighted by molar-refractivity contribution is -0.117. The van der Waals surface area contributed by atoms with E-state index in [2.05, 4.69) is 39.0 Å². The van der Waals surface area contributed by atoms with E-state index in [1.54, 1.807) is 6.92 Å². The molecule has 2 nitrogen and oxygen atoms in total. The molecule has 0 amide bonds. The minimum atomic E-state index is 0.271. The van der Waals surface area contributed by atoms with Gasteiger partial charge in [-0.15, -0.1) is 0 Å². The molecule has 0 saturated carbocycles. The predicted molar refractivity (Wildman–Crippen MR) is 79.9 cm³/mol. The molecule has 0 aromatic heterocycles. The summed E-state index contributed by atoms with van der Waals surface area (Å²) in [5, 5.41) is 0. The predicted octanol–water partition coefficient (Wildman–Crippen LogP) is 4.51. The largest absolute Gasteiger partial charge is 0.494 e. The highest BCUT2D eigenvalue weighted by molar-refractivity contribution is 5.75. The van der Waals surface area contributed by atoms with Crippen LogP contribution in [0.3, 0.4) is 0 Å². The van der Waals surface area contributed by atoms with Gasteiger partial charge < -0.3 is 9.53 Å². The van der Waals surface area contributed by atoms with Crippen molar-refractivity contribution in [2.24, 2.45) is 0 Å². The minimum absolute atomic E-state index is 0.271. The number of carbonyl (C=O) groups is 1. The van der Waals surface area contributed by atoms with Gasteiger partial charge in [0.15, 0.2) is 0 Å².